The number of aryl methyl sites for hydroxylation is 2. The predicted octanol–water partition coefficient (Wildman–Crippen LogP) is 7.96. The average Bonchev–Trinajstić information content (AvgIpc) is 3.83. The Bertz CT molecular complexity index is 2150. The molecule has 4 aromatic rings. The Kier molecular flexibility index (Phi) is 11.7. The Morgan fingerprint density at radius 3 is 2.28 bits per heavy atom. The number of rotatable bonds is 6. The Balaban J connectivity index is 0.903. The molecule has 3 aliphatic rings. The summed E-state index contributed by atoms with van der Waals surface area (Å²) in [6.45, 7) is 10.0. The lowest BCUT2D eigenvalue weighted by Gasteiger charge is -2.35. The number of amides is 2. The van der Waals surface area contributed by atoms with Gasteiger partial charge in [0, 0.05) is 50.5 Å². The number of hydrogen-bond donors (Lipinski definition) is 1. The van der Waals surface area contributed by atoms with E-state index in [4.69, 9.17) is 4.74 Å². The number of amidine groups is 1. The molecule has 2 amide bonds. The first-order valence-corrected chi connectivity index (χ1v) is 20.3. The topological polar surface area (TPSA) is 118 Å². The second-order valence-corrected chi connectivity index (χ2v) is 16.7. The molecule has 11 nitrogen and oxygen atoms in total. The third-order valence-electron chi connectivity index (χ3n) is 10.6. The molecular weight excluding hydrogens is 754 g/mol. The van der Waals surface area contributed by atoms with Crippen molar-refractivity contribution in [3.63, 3.8) is 0 Å². The van der Waals surface area contributed by atoms with Crippen molar-refractivity contribution < 1.29 is 27.5 Å². The van der Waals surface area contributed by atoms with E-state index in [1.807, 2.05) is 74.5 Å². The Labute approximate surface area is 334 Å². The minimum absolute atomic E-state index is 0.0294. The van der Waals surface area contributed by atoms with E-state index in [9.17, 15) is 22.8 Å². The number of aromatic nitrogens is 4. The number of hydrogen-bond acceptors (Lipinski definition) is 9. The number of alkyl carbamates (subject to hydrolysis) is 1. The third kappa shape index (κ3) is 9.84. The van der Waals surface area contributed by atoms with Crippen LogP contribution in [0.2, 0.25) is 0 Å². The second kappa shape index (κ2) is 16.7. The normalized spacial score (nSPS) is 17.3. The van der Waals surface area contributed by atoms with E-state index in [0.717, 1.165) is 57.6 Å². The average molecular weight is 801 g/mol. The summed E-state index contributed by atoms with van der Waals surface area (Å²) in [5, 5.41) is 14.2. The molecule has 2 aromatic carbocycles. The van der Waals surface area contributed by atoms with E-state index in [0.29, 0.717) is 50.8 Å². The molecule has 2 aromatic heterocycles. The molecule has 57 heavy (non-hydrogen) atoms. The highest BCUT2D eigenvalue weighted by Crippen LogP contribution is 2.33. The lowest BCUT2D eigenvalue weighted by Crippen LogP contribution is -2.41. The van der Waals surface area contributed by atoms with Crippen LogP contribution in [0.25, 0.3) is 10.4 Å². The summed E-state index contributed by atoms with van der Waals surface area (Å²) >= 11 is 1.57. The number of fused-ring (bicyclic) bond motifs is 1. The first-order chi connectivity index (χ1) is 27.2. The van der Waals surface area contributed by atoms with E-state index < -0.39 is 29.7 Å². The fraction of sp³-hybridized carbons (Fsp3) is 0.476. The minimum Gasteiger partial charge on any atom is -0.444 e. The summed E-state index contributed by atoms with van der Waals surface area (Å²) in [5.74, 6) is 7.05. The Morgan fingerprint density at radius 2 is 1.65 bits per heavy atom. The largest absolute Gasteiger partial charge is 0.453 e. The molecule has 0 aliphatic carbocycles. The number of piperidine rings is 2. The number of benzene rings is 2. The number of likely N-dealkylation sites (tertiary alicyclic amines) is 2. The lowest BCUT2D eigenvalue weighted by atomic mass is 9.88. The van der Waals surface area contributed by atoms with Crippen LogP contribution in [0.5, 0.6) is 0 Å². The van der Waals surface area contributed by atoms with Gasteiger partial charge in [0.15, 0.2) is 5.82 Å². The Morgan fingerprint density at radius 1 is 0.947 bits per heavy atom. The van der Waals surface area contributed by atoms with Gasteiger partial charge < -0.3 is 19.9 Å². The number of halogens is 3. The van der Waals surface area contributed by atoms with Crippen molar-refractivity contribution in [2.24, 2.45) is 11.0 Å². The first kappa shape index (κ1) is 40.0. The quantitative estimate of drug-likeness (QED) is 0.197. The zero-order valence-electron chi connectivity index (χ0n) is 32.6. The van der Waals surface area contributed by atoms with E-state index in [1.54, 1.807) is 11.3 Å². The number of carbonyl (C=O) groups is 2. The lowest BCUT2D eigenvalue weighted by molar-refractivity contribution is -0.147. The van der Waals surface area contributed by atoms with Crippen molar-refractivity contribution in [3.8, 4) is 22.3 Å². The molecule has 15 heteroatoms. The van der Waals surface area contributed by atoms with Crippen LogP contribution in [-0.2, 0) is 22.1 Å². The molecular formula is C42H47F3N8O3S. The molecule has 5 heterocycles. The maximum Gasteiger partial charge on any atom is 0.453 e. The number of thiazole rings is 1. The van der Waals surface area contributed by atoms with Crippen LogP contribution in [0.4, 0.5) is 18.0 Å². The van der Waals surface area contributed by atoms with Crippen LogP contribution in [-0.4, -0.2) is 79.3 Å². The number of nitrogens with one attached hydrogen (secondary N) is 1. The van der Waals surface area contributed by atoms with Crippen molar-refractivity contribution in [3.05, 3.63) is 88.1 Å². The highest BCUT2D eigenvalue weighted by atomic mass is 32.1. The standard InChI is InChI=1S/C42H47F3N8O3S/c1-27-38(57-26-46-27)33-13-11-32(12-14-33)34(47-40(55)56-41(2,3)4)25-37(54)52-21-17-29(18-22-52)6-5-28-7-9-30(10-8-28)31-19-23-51(24-20-31)36-16-15-35-48-49-39(42(43,44)45)53(35)50-36/h7-14,26,29,31,34H,15-25H2,1-4H3,(H,47,55)/t34-/m0/s1. The van der Waals surface area contributed by atoms with E-state index >= 15 is 0 Å². The van der Waals surface area contributed by atoms with Gasteiger partial charge in [-0.15, -0.1) is 21.5 Å². The van der Waals surface area contributed by atoms with Gasteiger partial charge in [0.25, 0.3) is 5.82 Å². The van der Waals surface area contributed by atoms with Gasteiger partial charge in [-0.2, -0.15) is 22.9 Å². The van der Waals surface area contributed by atoms with Gasteiger partial charge >= 0.3 is 12.3 Å². The molecule has 7 rings (SSSR count). The fourth-order valence-electron chi connectivity index (χ4n) is 7.58. The van der Waals surface area contributed by atoms with Crippen molar-refractivity contribution in [1.29, 1.82) is 0 Å². The summed E-state index contributed by atoms with van der Waals surface area (Å²) in [6.07, 6.45) is -0.856. The number of carbonyl (C=O) groups excluding carboxylic acids is 2. The first-order valence-electron chi connectivity index (χ1n) is 19.4. The van der Waals surface area contributed by atoms with Gasteiger partial charge in [-0.3, -0.25) is 4.79 Å². The van der Waals surface area contributed by atoms with E-state index in [2.05, 4.69) is 54.5 Å². The third-order valence-corrected chi connectivity index (χ3v) is 11.6. The number of ether oxygens (including phenoxy) is 1. The van der Waals surface area contributed by atoms with Crippen molar-refractivity contribution in [1.82, 2.24) is 35.0 Å². The fourth-order valence-corrected chi connectivity index (χ4v) is 8.39. The molecule has 0 bridgehead atoms. The molecule has 1 atom stereocenters. The second-order valence-electron chi connectivity index (χ2n) is 15.9. The van der Waals surface area contributed by atoms with Crippen molar-refractivity contribution >= 4 is 29.2 Å². The summed E-state index contributed by atoms with van der Waals surface area (Å²) in [5.41, 5.74) is 6.12. The van der Waals surface area contributed by atoms with Crippen LogP contribution in [0.1, 0.15) is 105 Å². The zero-order valence-corrected chi connectivity index (χ0v) is 33.4. The van der Waals surface area contributed by atoms with Crippen LogP contribution < -0.4 is 5.32 Å². The predicted molar refractivity (Wildman–Crippen MR) is 211 cm³/mol. The molecule has 0 radical (unpaired) electrons. The highest BCUT2D eigenvalue weighted by Gasteiger charge is 2.40. The van der Waals surface area contributed by atoms with Gasteiger partial charge in [-0.1, -0.05) is 48.2 Å². The molecule has 2 fully saturated rings. The molecule has 0 saturated carbocycles. The molecule has 0 unspecified atom stereocenters. The maximum atomic E-state index is 13.6. The number of alkyl halides is 3. The van der Waals surface area contributed by atoms with Crippen molar-refractivity contribution in [2.45, 2.75) is 96.4 Å². The highest BCUT2D eigenvalue weighted by molar-refractivity contribution is 7.13. The summed E-state index contributed by atoms with van der Waals surface area (Å²) in [6, 6.07) is 15.7. The SMILES string of the molecule is Cc1ncsc1-c1ccc([C@H](CC(=O)N2CCC(C#Cc3ccc(C4CCN(C5=Nn6c(nnc6C(F)(F)F)CC5)CC4)cc3)CC2)NC(=O)OC(C)(C)C)cc1. The molecule has 0 spiro atoms. The van der Waals surface area contributed by atoms with Crippen LogP contribution in [0.3, 0.4) is 0 Å². The molecule has 2 saturated heterocycles. The van der Waals surface area contributed by atoms with E-state index in [1.165, 1.54) is 5.56 Å². The van der Waals surface area contributed by atoms with Gasteiger partial charge in [0.05, 0.1) is 28.5 Å². The minimum atomic E-state index is -4.61. The monoisotopic (exact) mass is 800 g/mol. The summed E-state index contributed by atoms with van der Waals surface area (Å²) in [4.78, 5) is 35.8. The summed E-state index contributed by atoms with van der Waals surface area (Å²) < 4.78 is 46.5. The van der Waals surface area contributed by atoms with Crippen LogP contribution in [0.15, 0.2) is 59.1 Å². The van der Waals surface area contributed by atoms with E-state index in [-0.39, 0.29) is 24.1 Å². The smallest absolute Gasteiger partial charge is 0.444 e. The van der Waals surface area contributed by atoms with Crippen molar-refractivity contribution in [2.75, 3.05) is 26.2 Å². The maximum absolute atomic E-state index is 13.6. The van der Waals surface area contributed by atoms with Crippen LogP contribution in [0, 0.1) is 24.7 Å². The zero-order chi connectivity index (χ0) is 40.3. The molecule has 1 N–H and O–H groups in total. The van der Waals surface area contributed by atoms with Gasteiger partial charge in [-0.05, 0) is 88.1 Å². The van der Waals surface area contributed by atoms with Gasteiger partial charge in [0.2, 0.25) is 5.91 Å². The van der Waals surface area contributed by atoms with Gasteiger partial charge in [-0.25, -0.2) is 9.78 Å². The number of nitrogens with zero attached hydrogens (tertiary/aromatic N) is 7. The van der Waals surface area contributed by atoms with Gasteiger partial charge in [0.1, 0.15) is 11.4 Å². The molecule has 300 valence electrons. The molecule has 3 aliphatic heterocycles. The Hall–Kier alpha value is -5.23. The summed E-state index contributed by atoms with van der Waals surface area (Å²) in [7, 11) is 0. The van der Waals surface area contributed by atoms with Crippen LogP contribution >= 0.6 is 11.3 Å².